The second-order valence-corrected chi connectivity index (χ2v) is 8.21. The predicted octanol–water partition coefficient (Wildman–Crippen LogP) is 3.99. The highest BCUT2D eigenvalue weighted by atomic mass is 16.7. The first kappa shape index (κ1) is 21.8. The van der Waals surface area contributed by atoms with Gasteiger partial charge in [0.05, 0.1) is 18.5 Å². The number of amides is 1. The zero-order valence-electron chi connectivity index (χ0n) is 17.6. The lowest BCUT2D eigenvalue weighted by Gasteiger charge is -2.32. The molecule has 1 amide bonds. The van der Waals surface area contributed by atoms with Crippen LogP contribution >= 0.6 is 0 Å². The van der Waals surface area contributed by atoms with E-state index < -0.39 is 6.16 Å². The first-order valence-electron chi connectivity index (χ1n) is 10.3. The number of nitrogens with zero attached hydrogens (tertiary/aromatic N) is 3. The van der Waals surface area contributed by atoms with Gasteiger partial charge in [-0.3, -0.25) is 9.69 Å². The van der Waals surface area contributed by atoms with Gasteiger partial charge >= 0.3 is 6.16 Å². The van der Waals surface area contributed by atoms with Gasteiger partial charge in [0.25, 0.3) is 0 Å². The molecule has 0 unspecified atom stereocenters. The first-order valence-corrected chi connectivity index (χ1v) is 10.3. The lowest BCUT2D eigenvalue weighted by atomic mass is 9.82. The summed E-state index contributed by atoms with van der Waals surface area (Å²) in [5.41, 5.74) is 1.41. The van der Waals surface area contributed by atoms with Gasteiger partial charge in [0.2, 0.25) is 11.7 Å². The van der Waals surface area contributed by atoms with Crippen molar-refractivity contribution < 1.29 is 24.5 Å². The molecule has 1 aliphatic carbocycles. The monoisotopic (exact) mass is 415 g/mol. The van der Waals surface area contributed by atoms with Crippen LogP contribution in [0.1, 0.15) is 52.0 Å². The summed E-state index contributed by atoms with van der Waals surface area (Å²) in [4.78, 5) is 26.2. The van der Waals surface area contributed by atoms with E-state index in [9.17, 15) is 19.8 Å². The molecule has 0 atom stereocenters. The van der Waals surface area contributed by atoms with Gasteiger partial charge in [-0.05, 0) is 63.1 Å². The van der Waals surface area contributed by atoms with Crippen LogP contribution in [0.15, 0.2) is 30.5 Å². The number of anilines is 1. The number of rotatable bonds is 6. The van der Waals surface area contributed by atoms with Crippen molar-refractivity contribution in [3.63, 3.8) is 0 Å². The minimum Gasteiger partial charge on any atom is -0.449 e. The molecule has 1 saturated carbocycles. The quantitative estimate of drug-likeness (QED) is 0.691. The SMILES string of the molecule is CC(C)N(c1nn(-c2ccc(CO)cc2)cc1OC(=O)O)C(=O)[C@H]1CC[C@H](C)CC1. The van der Waals surface area contributed by atoms with Crippen LogP contribution in [-0.4, -0.2) is 38.1 Å². The third-order valence-corrected chi connectivity index (χ3v) is 5.59. The molecule has 162 valence electrons. The fourth-order valence-corrected chi connectivity index (χ4v) is 3.88. The van der Waals surface area contributed by atoms with E-state index in [2.05, 4.69) is 12.0 Å². The van der Waals surface area contributed by atoms with Crippen LogP contribution in [0.5, 0.6) is 5.75 Å². The van der Waals surface area contributed by atoms with Crippen molar-refractivity contribution >= 4 is 17.9 Å². The number of ether oxygens (including phenoxy) is 1. The zero-order chi connectivity index (χ0) is 21.8. The maximum absolute atomic E-state index is 13.4. The zero-order valence-corrected chi connectivity index (χ0v) is 17.6. The van der Waals surface area contributed by atoms with Crippen LogP contribution in [0.2, 0.25) is 0 Å². The molecule has 8 heteroatoms. The summed E-state index contributed by atoms with van der Waals surface area (Å²) in [7, 11) is 0. The number of carbonyl (C=O) groups is 2. The Labute approximate surface area is 176 Å². The third-order valence-electron chi connectivity index (χ3n) is 5.59. The predicted molar refractivity (Wildman–Crippen MR) is 112 cm³/mol. The van der Waals surface area contributed by atoms with E-state index in [1.54, 1.807) is 29.2 Å². The summed E-state index contributed by atoms with van der Waals surface area (Å²) in [5.74, 6) is 0.680. The lowest BCUT2D eigenvalue weighted by Crippen LogP contribution is -2.42. The smallest absolute Gasteiger partial charge is 0.449 e. The largest absolute Gasteiger partial charge is 0.511 e. The molecule has 0 aliphatic heterocycles. The van der Waals surface area contributed by atoms with Crippen LogP contribution in [0.25, 0.3) is 5.69 Å². The number of benzene rings is 1. The van der Waals surface area contributed by atoms with Gasteiger partial charge in [0.15, 0.2) is 5.75 Å². The van der Waals surface area contributed by atoms with Crippen molar-refractivity contribution in [3.8, 4) is 11.4 Å². The molecule has 1 aromatic heterocycles. The Hall–Kier alpha value is -2.87. The van der Waals surface area contributed by atoms with Crippen molar-refractivity contribution in [1.29, 1.82) is 0 Å². The Kier molecular flexibility index (Phi) is 6.77. The average Bonchev–Trinajstić information content (AvgIpc) is 3.11. The summed E-state index contributed by atoms with van der Waals surface area (Å²) in [6.07, 6.45) is 3.65. The standard InChI is InChI=1S/C22H29N3O5/c1-14(2)25(21(27)17-8-4-15(3)5-9-17)20-19(30-22(28)29)12-24(23-20)18-10-6-16(13-26)7-11-18/h6-7,10-12,14-15,17,26H,4-5,8-9,13H2,1-3H3,(H,28,29)/t15-,17-. The molecular formula is C22H29N3O5. The van der Waals surface area contributed by atoms with Crippen molar-refractivity contribution in [2.45, 2.75) is 59.1 Å². The fraction of sp³-hybridized carbons (Fsp3) is 0.500. The highest BCUT2D eigenvalue weighted by Crippen LogP contribution is 2.35. The second-order valence-electron chi connectivity index (χ2n) is 8.21. The van der Waals surface area contributed by atoms with Gasteiger partial charge in [0.1, 0.15) is 0 Å². The van der Waals surface area contributed by atoms with Gasteiger partial charge in [-0.15, -0.1) is 5.10 Å². The maximum Gasteiger partial charge on any atom is 0.511 e. The number of carbonyl (C=O) groups excluding carboxylic acids is 1. The summed E-state index contributed by atoms with van der Waals surface area (Å²) >= 11 is 0. The number of aliphatic hydroxyl groups excluding tert-OH is 1. The summed E-state index contributed by atoms with van der Waals surface area (Å²) in [6, 6.07) is 6.81. The van der Waals surface area contributed by atoms with Crippen LogP contribution < -0.4 is 9.64 Å². The van der Waals surface area contributed by atoms with Crippen molar-refractivity contribution in [2.24, 2.45) is 11.8 Å². The molecule has 30 heavy (non-hydrogen) atoms. The average molecular weight is 415 g/mol. The molecule has 1 fully saturated rings. The molecule has 1 aromatic carbocycles. The van der Waals surface area contributed by atoms with E-state index >= 15 is 0 Å². The normalized spacial score (nSPS) is 19.0. The highest BCUT2D eigenvalue weighted by molar-refractivity contribution is 5.96. The molecule has 1 heterocycles. The molecular weight excluding hydrogens is 386 g/mol. The van der Waals surface area contributed by atoms with Crippen LogP contribution in [-0.2, 0) is 11.4 Å². The Morgan fingerprint density at radius 1 is 1.20 bits per heavy atom. The molecule has 0 saturated heterocycles. The van der Waals surface area contributed by atoms with Crippen molar-refractivity contribution in [1.82, 2.24) is 9.78 Å². The summed E-state index contributed by atoms with van der Waals surface area (Å²) in [5, 5.41) is 22.9. The Morgan fingerprint density at radius 3 is 2.37 bits per heavy atom. The fourth-order valence-electron chi connectivity index (χ4n) is 3.88. The van der Waals surface area contributed by atoms with E-state index in [1.165, 1.54) is 10.9 Å². The minimum absolute atomic E-state index is 0.0139. The van der Waals surface area contributed by atoms with Crippen molar-refractivity contribution in [2.75, 3.05) is 4.90 Å². The molecule has 0 spiro atoms. The Bertz CT molecular complexity index is 883. The van der Waals surface area contributed by atoms with E-state index in [4.69, 9.17) is 4.74 Å². The second kappa shape index (κ2) is 9.30. The number of carboxylic acid groups (broad SMARTS) is 1. The molecule has 2 N–H and O–H groups in total. The van der Waals surface area contributed by atoms with E-state index in [0.29, 0.717) is 11.6 Å². The van der Waals surface area contributed by atoms with E-state index in [0.717, 1.165) is 31.2 Å². The molecule has 1 aliphatic rings. The van der Waals surface area contributed by atoms with Crippen LogP contribution in [0, 0.1) is 11.8 Å². The topological polar surface area (TPSA) is 105 Å². The minimum atomic E-state index is -1.46. The summed E-state index contributed by atoms with van der Waals surface area (Å²) < 4.78 is 6.46. The lowest BCUT2D eigenvalue weighted by molar-refractivity contribution is -0.124. The maximum atomic E-state index is 13.4. The molecule has 3 rings (SSSR count). The van der Waals surface area contributed by atoms with Crippen molar-refractivity contribution in [3.05, 3.63) is 36.0 Å². The van der Waals surface area contributed by atoms with Gasteiger partial charge < -0.3 is 14.9 Å². The Morgan fingerprint density at radius 2 is 1.83 bits per heavy atom. The highest BCUT2D eigenvalue weighted by Gasteiger charge is 2.34. The molecule has 2 aromatic rings. The van der Waals surface area contributed by atoms with Gasteiger partial charge in [-0.2, -0.15) is 0 Å². The van der Waals surface area contributed by atoms with E-state index in [1.807, 2.05) is 13.8 Å². The number of hydrogen-bond acceptors (Lipinski definition) is 5. The first-order chi connectivity index (χ1) is 14.3. The number of aliphatic hydroxyl groups is 1. The van der Waals surface area contributed by atoms with Crippen LogP contribution in [0.3, 0.4) is 0 Å². The van der Waals surface area contributed by atoms with Gasteiger partial charge in [-0.25, -0.2) is 9.48 Å². The number of aromatic nitrogens is 2. The van der Waals surface area contributed by atoms with Gasteiger partial charge in [-0.1, -0.05) is 19.1 Å². The molecule has 0 bridgehead atoms. The van der Waals surface area contributed by atoms with Gasteiger partial charge in [0, 0.05) is 12.0 Å². The molecule has 0 radical (unpaired) electrons. The molecule has 8 nitrogen and oxygen atoms in total. The number of hydrogen-bond donors (Lipinski definition) is 2. The Balaban J connectivity index is 1.97. The third kappa shape index (κ3) is 4.81. The van der Waals surface area contributed by atoms with E-state index in [-0.39, 0.29) is 36.0 Å². The summed E-state index contributed by atoms with van der Waals surface area (Å²) in [6.45, 7) is 5.88. The van der Waals surface area contributed by atoms with Crippen LogP contribution in [0.4, 0.5) is 10.6 Å².